The highest BCUT2D eigenvalue weighted by molar-refractivity contribution is 5.44. The monoisotopic (exact) mass is 193 g/mol. The van der Waals surface area contributed by atoms with Crippen LogP contribution in [0.2, 0.25) is 0 Å². The normalized spacial score (nSPS) is 10.1. The minimum Gasteiger partial charge on any atom is -0.396 e. The van der Waals surface area contributed by atoms with Crippen molar-refractivity contribution >= 4 is 5.69 Å². The molecule has 1 aromatic carbocycles. The molecule has 0 aliphatic carbocycles. The molecule has 0 spiro atoms. The third-order valence-corrected chi connectivity index (χ3v) is 2.16. The molecule has 0 aromatic heterocycles. The lowest BCUT2D eigenvalue weighted by molar-refractivity contribution is 0.292. The molecule has 0 radical (unpaired) electrons. The molecule has 2 heteroatoms. The lowest BCUT2D eigenvalue weighted by atomic mass is 10.1. The van der Waals surface area contributed by atoms with Crippen molar-refractivity contribution < 1.29 is 5.11 Å². The van der Waals surface area contributed by atoms with E-state index in [1.165, 1.54) is 12.0 Å². The van der Waals surface area contributed by atoms with Crippen LogP contribution in [0.3, 0.4) is 0 Å². The van der Waals surface area contributed by atoms with Gasteiger partial charge in [0.1, 0.15) is 0 Å². The van der Waals surface area contributed by atoms with E-state index in [1.54, 1.807) is 0 Å². The first-order chi connectivity index (χ1) is 6.86. The van der Waals surface area contributed by atoms with Gasteiger partial charge in [0.05, 0.1) is 0 Å². The van der Waals surface area contributed by atoms with E-state index in [0.29, 0.717) is 0 Å². The Morgan fingerprint density at radius 1 is 1.21 bits per heavy atom. The highest BCUT2D eigenvalue weighted by Crippen LogP contribution is 2.10. The summed E-state index contributed by atoms with van der Waals surface area (Å²) in [5.74, 6) is 0. The van der Waals surface area contributed by atoms with Crippen molar-refractivity contribution in [3.8, 4) is 0 Å². The van der Waals surface area contributed by atoms with Gasteiger partial charge in [0.25, 0.3) is 0 Å². The molecule has 0 fully saturated rings. The summed E-state index contributed by atoms with van der Waals surface area (Å²) < 4.78 is 0. The van der Waals surface area contributed by atoms with Crippen LogP contribution in [0.25, 0.3) is 0 Å². The number of benzene rings is 1. The number of aliphatic hydroxyl groups is 1. The quantitative estimate of drug-likeness (QED) is 0.680. The van der Waals surface area contributed by atoms with Crippen molar-refractivity contribution in [3.05, 3.63) is 29.8 Å². The van der Waals surface area contributed by atoms with E-state index in [2.05, 4.69) is 36.5 Å². The van der Waals surface area contributed by atoms with Gasteiger partial charge in [-0.3, -0.25) is 0 Å². The van der Waals surface area contributed by atoms with E-state index >= 15 is 0 Å². The molecule has 0 unspecified atom stereocenters. The second-order valence-corrected chi connectivity index (χ2v) is 3.45. The molecule has 0 amide bonds. The number of aliphatic hydroxyl groups excluding tert-OH is 1. The molecule has 0 saturated carbocycles. The minimum absolute atomic E-state index is 0.251. The van der Waals surface area contributed by atoms with Gasteiger partial charge >= 0.3 is 0 Å². The average Bonchev–Trinajstić information content (AvgIpc) is 2.21. The molecular formula is C12H19NO. The van der Waals surface area contributed by atoms with Crippen LogP contribution in [0.15, 0.2) is 24.3 Å². The summed E-state index contributed by atoms with van der Waals surface area (Å²) in [4.78, 5) is 0. The molecule has 2 N–H and O–H groups in total. The van der Waals surface area contributed by atoms with Gasteiger partial charge in [0.2, 0.25) is 0 Å². The van der Waals surface area contributed by atoms with Gasteiger partial charge in [0, 0.05) is 18.8 Å². The number of hydrogen-bond donors (Lipinski definition) is 2. The Bertz CT molecular complexity index is 243. The first-order valence-electron chi connectivity index (χ1n) is 5.30. The van der Waals surface area contributed by atoms with E-state index in [-0.39, 0.29) is 6.61 Å². The van der Waals surface area contributed by atoms with Gasteiger partial charge in [-0.1, -0.05) is 25.5 Å². The molecule has 2 nitrogen and oxygen atoms in total. The highest BCUT2D eigenvalue weighted by atomic mass is 16.3. The van der Waals surface area contributed by atoms with E-state index < -0.39 is 0 Å². The molecule has 0 aliphatic heterocycles. The fraction of sp³-hybridized carbons (Fsp3) is 0.500. The van der Waals surface area contributed by atoms with Gasteiger partial charge in [-0.15, -0.1) is 0 Å². The van der Waals surface area contributed by atoms with Crippen molar-refractivity contribution in [3.63, 3.8) is 0 Å². The molecule has 0 atom stereocenters. The topological polar surface area (TPSA) is 32.3 Å². The van der Waals surface area contributed by atoms with Crippen molar-refractivity contribution in [1.29, 1.82) is 0 Å². The molecule has 0 saturated heterocycles. The van der Waals surface area contributed by atoms with Gasteiger partial charge in [0.15, 0.2) is 0 Å². The van der Waals surface area contributed by atoms with Crippen molar-refractivity contribution in [2.75, 3.05) is 18.5 Å². The van der Waals surface area contributed by atoms with Crippen LogP contribution in [-0.2, 0) is 6.42 Å². The Hall–Kier alpha value is -1.02. The maximum Gasteiger partial charge on any atom is 0.0447 e. The van der Waals surface area contributed by atoms with Crippen molar-refractivity contribution in [1.82, 2.24) is 0 Å². The van der Waals surface area contributed by atoms with Gasteiger partial charge in [-0.05, 0) is 30.5 Å². The fourth-order valence-corrected chi connectivity index (χ4v) is 1.39. The third kappa shape index (κ3) is 3.79. The molecule has 1 aromatic rings. The first kappa shape index (κ1) is 11.1. The standard InChI is InChI=1S/C12H19NO/c1-2-4-11-5-7-12(8-6-11)13-9-3-10-14/h5-8,13-14H,2-4,9-10H2,1H3. The number of nitrogens with one attached hydrogen (secondary N) is 1. The van der Waals surface area contributed by atoms with Crippen LogP contribution >= 0.6 is 0 Å². The summed E-state index contributed by atoms with van der Waals surface area (Å²) in [5, 5.41) is 11.9. The van der Waals surface area contributed by atoms with Crippen LogP contribution in [0.5, 0.6) is 0 Å². The van der Waals surface area contributed by atoms with E-state index in [0.717, 1.165) is 25.1 Å². The molecule has 0 heterocycles. The Labute approximate surface area is 86.0 Å². The molecule has 1 rings (SSSR count). The summed E-state index contributed by atoms with van der Waals surface area (Å²) in [6, 6.07) is 8.51. The second kappa shape index (κ2) is 6.44. The van der Waals surface area contributed by atoms with Crippen LogP contribution in [0, 0.1) is 0 Å². The summed E-state index contributed by atoms with van der Waals surface area (Å²) in [6.07, 6.45) is 3.14. The van der Waals surface area contributed by atoms with Gasteiger partial charge < -0.3 is 10.4 Å². The zero-order valence-electron chi connectivity index (χ0n) is 8.79. The summed E-state index contributed by atoms with van der Waals surface area (Å²) >= 11 is 0. The third-order valence-electron chi connectivity index (χ3n) is 2.16. The number of rotatable bonds is 6. The molecule has 0 bridgehead atoms. The second-order valence-electron chi connectivity index (χ2n) is 3.45. The Balaban J connectivity index is 2.38. The largest absolute Gasteiger partial charge is 0.396 e. The van der Waals surface area contributed by atoms with Crippen LogP contribution in [-0.4, -0.2) is 18.3 Å². The summed E-state index contributed by atoms with van der Waals surface area (Å²) in [6.45, 7) is 3.28. The molecular weight excluding hydrogens is 174 g/mol. The lowest BCUT2D eigenvalue weighted by Gasteiger charge is -2.05. The predicted octanol–water partition coefficient (Wildman–Crippen LogP) is 2.43. The van der Waals surface area contributed by atoms with E-state index in [1.807, 2.05) is 0 Å². The zero-order valence-corrected chi connectivity index (χ0v) is 8.79. The molecule has 78 valence electrons. The number of aryl methyl sites for hydroxylation is 1. The lowest BCUT2D eigenvalue weighted by Crippen LogP contribution is -2.03. The number of anilines is 1. The minimum atomic E-state index is 0.251. The maximum absolute atomic E-state index is 8.62. The van der Waals surface area contributed by atoms with E-state index in [4.69, 9.17) is 5.11 Å². The van der Waals surface area contributed by atoms with E-state index in [9.17, 15) is 0 Å². The van der Waals surface area contributed by atoms with Crippen LogP contribution in [0.4, 0.5) is 5.69 Å². The molecule has 0 aliphatic rings. The first-order valence-corrected chi connectivity index (χ1v) is 5.30. The SMILES string of the molecule is CCCc1ccc(NCCCO)cc1. The van der Waals surface area contributed by atoms with Crippen molar-refractivity contribution in [2.45, 2.75) is 26.2 Å². The van der Waals surface area contributed by atoms with Crippen molar-refractivity contribution in [2.24, 2.45) is 0 Å². The van der Waals surface area contributed by atoms with Crippen LogP contribution in [0.1, 0.15) is 25.3 Å². The Kier molecular flexibility index (Phi) is 5.08. The fourth-order valence-electron chi connectivity index (χ4n) is 1.39. The average molecular weight is 193 g/mol. The highest BCUT2D eigenvalue weighted by Gasteiger charge is 1.92. The summed E-state index contributed by atoms with van der Waals surface area (Å²) in [5.41, 5.74) is 2.53. The molecule has 14 heavy (non-hydrogen) atoms. The van der Waals surface area contributed by atoms with Gasteiger partial charge in [-0.2, -0.15) is 0 Å². The smallest absolute Gasteiger partial charge is 0.0447 e. The van der Waals surface area contributed by atoms with Gasteiger partial charge in [-0.25, -0.2) is 0 Å². The maximum atomic E-state index is 8.62. The Morgan fingerprint density at radius 2 is 1.93 bits per heavy atom. The summed E-state index contributed by atoms with van der Waals surface area (Å²) in [7, 11) is 0. The zero-order chi connectivity index (χ0) is 10.2. The van der Waals surface area contributed by atoms with Crippen LogP contribution < -0.4 is 5.32 Å². The predicted molar refractivity (Wildman–Crippen MR) is 60.6 cm³/mol. The number of hydrogen-bond acceptors (Lipinski definition) is 2. The Morgan fingerprint density at radius 3 is 2.50 bits per heavy atom.